The number of benzene rings is 2. The van der Waals surface area contributed by atoms with E-state index in [1.165, 1.54) is 11.1 Å². The van der Waals surface area contributed by atoms with Crippen molar-refractivity contribution in [3.8, 4) is 34.0 Å². The van der Waals surface area contributed by atoms with Crippen LogP contribution in [-0.2, 0) is 20.8 Å². The van der Waals surface area contributed by atoms with Crippen LogP contribution >= 0.6 is 0 Å². The molecule has 12 heteroatoms. The molecule has 0 aliphatic carbocycles. The van der Waals surface area contributed by atoms with Gasteiger partial charge in [-0.15, -0.1) is 0 Å². The Bertz CT molecular complexity index is 1820. The number of rotatable bonds is 7. The molecule has 0 bridgehead atoms. The molecule has 0 aliphatic rings. The molecule has 0 N–H and O–H groups in total. The lowest BCUT2D eigenvalue weighted by atomic mass is 10.0. The smallest absolute Gasteiger partial charge is 0.425 e. The molecule has 51 heavy (non-hydrogen) atoms. The summed E-state index contributed by atoms with van der Waals surface area (Å²) in [5.41, 5.74) is 2.09. The minimum absolute atomic E-state index is 0.0755. The summed E-state index contributed by atoms with van der Waals surface area (Å²) < 4.78 is 22.5. The van der Waals surface area contributed by atoms with Crippen molar-refractivity contribution < 1.29 is 33.1 Å². The molecule has 0 radical (unpaired) electrons. The molecule has 0 saturated heterocycles. The van der Waals surface area contributed by atoms with E-state index in [1.54, 1.807) is 54.7 Å². The molecule has 2 aromatic heterocycles. The average molecular weight is 700 g/mol. The maximum absolute atomic E-state index is 13.6. The Balaban J connectivity index is 1.77. The van der Waals surface area contributed by atoms with Crippen molar-refractivity contribution >= 4 is 24.1 Å². The number of anilines is 1. The van der Waals surface area contributed by atoms with E-state index < -0.39 is 35.1 Å². The number of nitrogens with zero attached hydrogens (tertiary/aromatic N) is 5. The lowest BCUT2D eigenvalue weighted by molar-refractivity contribution is 0.0283. The Morgan fingerprint density at radius 2 is 1.22 bits per heavy atom. The van der Waals surface area contributed by atoms with Crippen molar-refractivity contribution in [2.24, 2.45) is 0 Å². The number of aromatic nitrogens is 3. The van der Waals surface area contributed by atoms with E-state index in [0.29, 0.717) is 23.9 Å². The van der Waals surface area contributed by atoms with Gasteiger partial charge in [-0.2, -0.15) is 4.90 Å². The highest BCUT2D eigenvalue weighted by atomic mass is 16.6. The molecule has 0 saturated carbocycles. The van der Waals surface area contributed by atoms with Crippen LogP contribution < -0.4 is 4.90 Å². The third-order valence-electron chi connectivity index (χ3n) is 7.11. The van der Waals surface area contributed by atoms with Crippen LogP contribution in [0.25, 0.3) is 34.0 Å². The van der Waals surface area contributed by atoms with E-state index in [2.05, 4.69) is 24.0 Å². The van der Waals surface area contributed by atoms with Gasteiger partial charge >= 0.3 is 18.3 Å². The molecular weight excluding hydrogens is 650 g/mol. The van der Waals surface area contributed by atoms with E-state index in [4.69, 9.17) is 23.7 Å². The first kappa shape index (κ1) is 38.5. The number of carbonyl (C=O) groups excluding carboxylic acids is 3. The van der Waals surface area contributed by atoms with Crippen LogP contribution in [-0.4, -0.2) is 62.2 Å². The Kier molecular flexibility index (Phi) is 11.3. The fraction of sp³-hybridized carbons (Fsp3) is 0.436. The van der Waals surface area contributed by atoms with Gasteiger partial charge in [0.25, 0.3) is 0 Å². The molecule has 12 nitrogen and oxygen atoms in total. The minimum Gasteiger partial charge on any atom is -0.444 e. The van der Waals surface area contributed by atoms with Gasteiger partial charge in [-0.1, -0.05) is 67.5 Å². The number of hydrogen-bond acceptors (Lipinski definition) is 10. The highest BCUT2D eigenvalue weighted by Gasteiger charge is 2.37. The summed E-state index contributed by atoms with van der Waals surface area (Å²) >= 11 is 0. The summed E-state index contributed by atoms with van der Waals surface area (Å²) in [6.07, 6.45) is -0.925. The molecule has 4 rings (SSSR count). The molecule has 0 spiro atoms. The molecule has 2 aromatic carbocycles. The summed E-state index contributed by atoms with van der Waals surface area (Å²) in [6, 6.07) is 17.0. The number of imide groups is 1. The number of amides is 3. The van der Waals surface area contributed by atoms with Crippen LogP contribution in [0.1, 0.15) is 93.2 Å². The lowest BCUT2D eigenvalue weighted by Crippen LogP contribution is -2.44. The van der Waals surface area contributed by atoms with E-state index in [-0.39, 0.29) is 17.3 Å². The highest BCUT2D eigenvalue weighted by Crippen LogP contribution is 2.35. The van der Waals surface area contributed by atoms with Crippen LogP contribution in [0, 0.1) is 0 Å². The van der Waals surface area contributed by atoms with Gasteiger partial charge in [-0.25, -0.2) is 24.4 Å². The first-order chi connectivity index (χ1) is 23.6. The standard InChI is InChI=1S/C39H49N5O7/c1-24(2)26-17-19-28(20-18-26)30-22-40-33(44(35(46)49-38(6,7)8)36(47)50-39(9,10)11)32(41-30)31-21-29(42-51-31)27-15-13-25(14-16-27)23-43(12)34(45)48-37(3,4)5/h13-22,24H,23H2,1-12H3. The SMILES string of the molecule is CC(C)c1ccc(-c2cnc(N(C(=O)OC(C)(C)C)C(=O)OC(C)(C)C)c(-c3cc(-c4ccc(CN(C)C(=O)OC(C)(C)C)cc4)no3)n2)cc1. The predicted molar refractivity (Wildman–Crippen MR) is 195 cm³/mol. The van der Waals surface area contributed by atoms with E-state index >= 15 is 0 Å². The summed E-state index contributed by atoms with van der Waals surface area (Å²) in [5, 5.41) is 4.29. The molecule has 0 fully saturated rings. The highest BCUT2D eigenvalue weighted by molar-refractivity contribution is 6.10. The molecule has 0 unspecified atom stereocenters. The molecule has 3 amide bonds. The third-order valence-corrected chi connectivity index (χ3v) is 7.11. The second kappa shape index (κ2) is 14.9. The van der Waals surface area contributed by atoms with Crippen molar-refractivity contribution in [2.45, 2.75) is 105 Å². The molecular formula is C39H49N5O7. The van der Waals surface area contributed by atoms with E-state index in [1.807, 2.05) is 69.3 Å². The van der Waals surface area contributed by atoms with Crippen molar-refractivity contribution in [3.05, 3.63) is 71.9 Å². The average Bonchev–Trinajstić information content (AvgIpc) is 3.49. The third kappa shape index (κ3) is 10.6. The van der Waals surface area contributed by atoms with Gasteiger partial charge in [0, 0.05) is 30.8 Å². The fourth-order valence-electron chi connectivity index (χ4n) is 4.73. The molecule has 0 aliphatic heterocycles. The van der Waals surface area contributed by atoms with Crippen molar-refractivity contribution in [1.82, 2.24) is 20.0 Å². The summed E-state index contributed by atoms with van der Waals surface area (Å²) in [6.45, 7) is 20.2. The number of hydrogen-bond donors (Lipinski definition) is 0. The zero-order chi connectivity index (χ0) is 37.9. The zero-order valence-corrected chi connectivity index (χ0v) is 31.7. The minimum atomic E-state index is -0.993. The Labute approximate surface area is 300 Å². The van der Waals surface area contributed by atoms with Gasteiger partial charge < -0.3 is 23.6 Å². The Morgan fingerprint density at radius 3 is 1.73 bits per heavy atom. The lowest BCUT2D eigenvalue weighted by Gasteiger charge is -2.28. The topological polar surface area (TPSA) is 137 Å². The van der Waals surface area contributed by atoms with Crippen LogP contribution in [0.2, 0.25) is 0 Å². The molecule has 4 aromatic rings. The second-order valence-corrected chi connectivity index (χ2v) is 15.6. The summed E-state index contributed by atoms with van der Waals surface area (Å²) in [5.74, 6) is 0.343. The van der Waals surface area contributed by atoms with Crippen LogP contribution in [0.3, 0.4) is 0 Å². The van der Waals surface area contributed by atoms with Crippen LogP contribution in [0.5, 0.6) is 0 Å². The van der Waals surface area contributed by atoms with Gasteiger partial charge in [-0.3, -0.25) is 0 Å². The van der Waals surface area contributed by atoms with E-state index in [0.717, 1.165) is 27.2 Å². The van der Waals surface area contributed by atoms with Crippen molar-refractivity contribution in [2.75, 3.05) is 11.9 Å². The number of carbonyl (C=O) groups is 3. The van der Waals surface area contributed by atoms with Crippen molar-refractivity contribution in [3.63, 3.8) is 0 Å². The molecule has 272 valence electrons. The van der Waals surface area contributed by atoms with Gasteiger partial charge in [-0.05, 0) is 79.4 Å². The van der Waals surface area contributed by atoms with E-state index in [9.17, 15) is 14.4 Å². The largest absolute Gasteiger partial charge is 0.444 e. The quantitative estimate of drug-likeness (QED) is 0.171. The zero-order valence-electron chi connectivity index (χ0n) is 31.7. The summed E-state index contributed by atoms with van der Waals surface area (Å²) in [7, 11) is 1.68. The van der Waals surface area contributed by atoms with Gasteiger partial charge in [0.1, 0.15) is 22.5 Å². The summed E-state index contributed by atoms with van der Waals surface area (Å²) in [4.78, 5) is 51.4. The molecule has 2 heterocycles. The monoisotopic (exact) mass is 699 g/mol. The Hall–Kier alpha value is -5.26. The first-order valence-electron chi connectivity index (χ1n) is 16.8. The number of ether oxygens (including phenoxy) is 3. The maximum atomic E-state index is 13.6. The maximum Gasteiger partial charge on any atom is 0.425 e. The van der Waals surface area contributed by atoms with Crippen LogP contribution in [0.4, 0.5) is 20.2 Å². The normalized spacial score (nSPS) is 12.0. The fourth-order valence-corrected chi connectivity index (χ4v) is 4.73. The Morgan fingerprint density at radius 1 is 0.725 bits per heavy atom. The van der Waals surface area contributed by atoms with Gasteiger partial charge in [0.2, 0.25) is 0 Å². The second-order valence-electron chi connectivity index (χ2n) is 15.6. The first-order valence-corrected chi connectivity index (χ1v) is 16.8. The van der Waals surface area contributed by atoms with Crippen molar-refractivity contribution in [1.29, 1.82) is 0 Å². The predicted octanol–water partition coefficient (Wildman–Crippen LogP) is 9.63. The molecule has 0 atom stereocenters. The van der Waals surface area contributed by atoms with Crippen LogP contribution in [0.15, 0.2) is 65.3 Å². The van der Waals surface area contributed by atoms with Gasteiger partial charge in [0.05, 0.1) is 11.9 Å². The van der Waals surface area contributed by atoms with Gasteiger partial charge in [0.15, 0.2) is 17.3 Å².